The number of hydrogen-bond donors (Lipinski definition) is 1. The topological polar surface area (TPSA) is 66.5 Å². The monoisotopic (exact) mass is 504 g/mol. The van der Waals surface area contributed by atoms with Crippen LogP contribution < -0.4 is 5.32 Å². The predicted octanol–water partition coefficient (Wildman–Crippen LogP) is 4.40. The van der Waals surface area contributed by atoms with Gasteiger partial charge in [0.25, 0.3) is 0 Å². The van der Waals surface area contributed by atoms with Crippen molar-refractivity contribution in [3.63, 3.8) is 0 Å². The van der Waals surface area contributed by atoms with Crippen molar-refractivity contribution in [2.45, 2.75) is 24.9 Å². The normalized spacial score (nSPS) is 11.5. The van der Waals surface area contributed by atoms with Gasteiger partial charge in [-0.05, 0) is 54.4 Å². The number of aryl methyl sites for hydroxylation is 1. The van der Waals surface area contributed by atoms with Crippen molar-refractivity contribution in [1.82, 2.24) is 9.62 Å². The molecule has 0 fully saturated rings. The Labute approximate surface area is 190 Å². The minimum Gasteiger partial charge on any atom is -0.351 e. The van der Waals surface area contributed by atoms with Crippen molar-refractivity contribution >= 4 is 31.9 Å². The Bertz CT molecular complexity index is 1130. The molecule has 3 aromatic carbocycles. The summed E-state index contributed by atoms with van der Waals surface area (Å²) >= 11 is 3.36. The number of halogens is 2. The van der Waals surface area contributed by atoms with Crippen molar-refractivity contribution in [2.75, 3.05) is 6.54 Å². The van der Waals surface area contributed by atoms with Crippen LogP contribution in [0.1, 0.15) is 16.7 Å². The smallest absolute Gasteiger partial charge is 0.243 e. The second kappa shape index (κ2) is 10.2. The van der Waals surface area contributed by atoms with Gasteiger partial charge >= 0.3 is 0 Å². The van der Waals surface area contributed by atoms with Crippen molar-refractivity contribution in [3.05, 3.63) is 99.8 Å². The summed E-state index contributed by atoms with van der Waals surface area (Å²) in [7, 11) is -3.90. The minimum atomic E-state index is -3.90. The van der Waals surface area contributed by atoms with Crippen LogP contribution in [0.15, 0.2) is 82.2 Å². The highest BCUT2D eigenvalue weighted by Gasteiger charge is 2.27. The lowest BCUT2D eigenvalue weighted by molar-refractivity contribution is -0.121. The van der Waals surface area contributed by atoms with E-state index in [1.807, 2.05) is 19.1 Å². The molecule has 0 heterocycles. The van der Waals surface area contributed by atoms with Gasteiger partial charge in [-0.3, -0.25) is 4.79 Å². The van der Waals surface area contributed by atoms with E-state index in [0.717, 1.165) is 25.5 Å². The zero-order valence-corrected chi connectivity index (χ0v) is 19.3. The van der Waals surface area contributed by atoms with E-state index in [2.05, 4.69) is 21.2 Å². The molecule has 8 heteroatoms. The molecular weight excluding hydrogens is 483 g/mol. The van der Waals surface area contributed by atoms with E-state index in [1.54, 1.807) is 36.4 Å². The largest absolute Gasteiger partial charge is 0.351 e. The average Bonchev–Trinajstić information content (AvgIpc) is 2.74. The van der Waals surface area contributed by atoms with Crippen LogP contribution >= 0.6 is 15.9 Å². The van der Waals surface area contributed by atoms with E-state index in [0.29, 0.717) is 0 Å². The Morgan fingerprint density at radius 2 is 1.52 bits per heavy atom. The molecule has 1 N–H and O–H groups in total. The summed E-state index contributed by atoms with van der Waals surface area (Å²) < 4.78 is 41.6. The van der Waals surface area contributed by atoms with Crippen molar-refractivity contribution in [2.24, 2.45) is 0 Å². The number of benzene rings is 3. The average molecular weight is 505 g/mol. The first-order valence-corrected chi connectivity index (χ1v) is 11.8. The fraction of sp³-hybridized carbons (Fsp3) is 0.174. The van der Waals surface area contributed by atoms with Crippen LogP contribution in [0.3, 0.4) is 0 Å². The third-order valence-corrected chi connectivity index (χ3v) is 6.99. The lowest BCUT2D eigenvalue weighted by Crippen LogP contribution is -2.40. The molecule has 0 radical (unpaired) electrons. The summed E-state index contributed by atoms with van der Waals surface area (Å²) in [4.78, 5) is 12.7. The molecular formula is C23H22BrFN2O3S. The van der Waals surface area contributed by atoms with Crippen LogP contribution in [-0.2, 0) is 27.9 Å². The minimum absolute atomic E-state index is 0.0491. The summed E-state index contributed by atoms with van der Waals surface area (Å²) in [6.45, 7) is 1.76. The van der Waals surface area contributed by atoms with Crippen molar-refractivity contribution < 1.29 is 17.6 Å². The maximum Gasteiger partial charge on any atom is 0.243 e. The van der Waals surface area contributed by atoms with Gasteiger partial charge < -0.3 is 5.32 Å². The first kappa shape index (κ1) is 23.1. The Kier molecular flexibility index (Phi) is 7.59. The molecule has 3 rings (SSSR count). The maximum atomic E-state index is 13.3. The lowest BCUT2D eigenvalue weighted by Gasteiger charge is -2.22. The number of amides is 1. The number of nitrogens with zero attached hydrogens (tertiary/aromatic N) is 1. The Morgan fingerprint density at radius 1 is 0.935 bits per heavy atom. The molecule has 0 spiro atoms. The van der Waals surface area contributed by atoms with Crippen LogP contribution in [0.4, 0.5) is 4.39 Å². The predicted molar refractivity (Wildman–Crippen MR) is 121 cm³/mol. The number of nitrogens with one attached hydrogen (secondary N) is 1. The fourth-order valence-corrected chi connectivity index (χ4v) is 4.55. The number of carbonyl (C=O) groups excluding carboxylic acids is 1. The van der Waals surface area contributed by atoms with E-state index in [4.69, 9.17) is 0 Å². The zero-order valence-electron chi connectivity index (χ0n) is 16.9. The van der Waals surface area contributed by atoms with Gasteiger partial charge in [-0.1, -0.05) is 57.9 Å². The third kappa shape index (κ3) is 6.46. The van der Waals surface area contributed by atoms with E-state index < -0.39 is 15.9 Å². The van der Waals surface area contributed by atoms with Crippen molar-refractivity contribution in [3.8, 4) is 0 Å². The highest BCUT2D eigenvalue weighted by atomic mass is 79.9. The molecule has 0 aliphatic carbocycles. The molecule has 5 nitrogen and oxygen atoms in total. The van der Waals surface area contributed by atoms with Crippen LogP contribution in [0.5, 0.6) is 0 Å². The molecule has 0 atom stereocenters. The van der Waals surface area contributed by atoms with E-state index in [-0.39, 0.29) is 30.3 Å². The van der Waals surface area contributed by atoms with Gasteiger partial charge in [0.2, 0.25) is 15.9 Å². The molecule has 0 saturated heterocycles. The zero-order chi connectivity index (χ0) is 22.4. The summed E-state index contributed by atoms with van der Waals surface area (Å²) in [5.74, 6) is -0.808. The maximum absolute atomic E-state index is 13.3. The second-order valence-corrected chi connectivity index (χ2v) is 9.97. The molecule has 31 heavy (non-hydrogen) atoms. The number of sulfonamides is 1. The third-order valence-electron chi connectivity index (χ3n) is 4.65. The summed E-state index contributed by atoms with van der Waals surface area (Å²) in [5.41, 5.74) is 2.41. The van der Waals surface area contributed by atoms with Crippen LogP contribution in [0.25, 0.3) is 0 Å². The van der Waals surface area contributed by atoms with Gasteiger partial charge in [0.1, 0.15) is 5.82 Å². The molecule has 0 saturated carbocycles. The Morgan fingerprint density at radius 3 is 2.13 bits per heavy atom. The number of carbonyl (C=O) groups is 1. The van der Waals surface area contributed by atoms with Gasteiger partial charge in [0.15, 0.2) is 0 Å². The molecule has 0 aromatic heterocycles. The van der Waals surface area contributed by atoms with Gasteiger partial charge in [-0.15, -0.1) is 0 Å². The quantitative estimate of drug-likeness (QED) is 0.494. The number of hydrogen-bond acceptors (Lipinski definition) is 3. The Balaban J connectivity index is 1.79. The van der Waals surface area contributed by atoms with Crippen LogP contribution in [-0.4, -0.2) is 25.2 Å². The van der Waals surface area contributed by atoms with Gasteiger partial charge in [0, 0.05) is 17.6 Å². The standard InChI is InChI=1S/C23H22BrFN2O3S/c1-17-2-12-22(13-3-17)31(29,30)27(15-19-4-8-20(24)9-5-19)16-23(28)26-14-18-6-10-21(25)11-7-18/h2-13H,14-16H2,1H3,(H,26,28). The van der Waals surface area contributed by atoms with E-state index in [1.165, 1.54) is 24.3 Å². The highest BCUT2D eigenvalue weighted by molar-refractivity contribution is 9.10. The van der Waals surface area contributed by atoms with Gasteiger partial charge in [-0.2, -0.15) is 4.31 Å². The molecule has 0 unspecified atom stereocenters. The van der Waals surface area contributed by atoms with Crippen molar-refractivity contribution in [1.29, 1.82) is 0 Å². The van der Waals surface area contributed by atoms with E-state index >= 15 is 0 Å². The van der Waals surface area contributed by atoms with Crippen LogP contribution in [0, 0.1) is 12.7 Å². The molecule has 162 valence electrons. The lowest BCUT2D eigenvalue weighted by atomic mass is 10.2. The fourth-order valence-electron chi connectivity index (χ4n) is 2.90. The second-order valence-electron chi connectivity index (χ2n) is 7.12. The summed E-state index contributed by atoms with van der Waals surface area (Å²) in [5, 5.41) is 2.70. The highest BCUT2D eigenvalue weighted by Crippen LogP contribution is 2.20. The summed E-state index contributed by atoms with van der Waals surface area (Å²) in [6, 6.07) is 19.5. The summed E-state index contributed by atoms with van der Waals surface area (Å²) in [6.07, 6.45) is 0. The first-order valence-electron chi connectivity index (χ1n) is 9.56. The molecule has 0 aliphatic rings. The van der Waals surface area contributed by atoms with E-state index in [9.17, 15) is 17.6 Å². The Hall–Kier alpha value is -2.55. The van der Waals surface area contributed by atoms with Crippen LogP contribution in [0.2, 0.25) is 0 Å². The molecule has 3 aromatic rings. The molecule has 0 aliphatic heterocycles. The SMILES string of the molecule is Cc1ccc(S(=O)(=O)N(CC(=O)NCc2ccc(F)cc2)Cc2ccc(Br)cc2)cc1. The van der Waals surface area contributed by atoms with Gasteiger partial charge in [0.05, 0.1) is 11.4 Å². The molecule has 1 amide bonds. The number of rotatable bonds is 8. The molecule has 0 bridgehead atoms. The van der Waals surface area contributed by atoms with Gasteiger partial charge in [-0.25, -0.2) is 12.8 Å². The first-order chi connectivity index (χ1) is 14.7.